The Morgan fingerprint density at radius 3 is 2.18 bits per heavy atom. The van der Waals surface area contributed by atoms with Crippen molar-refractivity contribution in [2.75, 3.05) is 6.54 Å². The van der Waals surface area contributed by atoms with Gasteiger partial charge >= 0.3 is 0 Å². The van der Waals surface area contributed by atoms with Gasteiger partial charge in [-0.25, -0.2) is 0 Å². The Labute approximate surface area is 195 Å². The summed E-state index contributed by atoms with van der Waals surface area (Å²) in [6.45, 7) is 5.71. The van der Waals surface area contributed by atoms with E-state index >= 15 is 0 Å². The number of oxime groups is 1. The van der Waals surface area contributed by atoms with E-state index in [1.165, 1.54) is 33.2 Å². The SMILES string of the molecule is Cc1ccc2c(c1)c1c(n2CCN(Cc2ccccc2)Cc2ccccc2)C(=NO)CCC1. The molecule has 4 aromatic rings. The van der Waals surface area contributed by atoms with Gasteiger partial charge in [-0.05, 0) is 55.0 Å². The maximum absolute atomic E-state index is 9.77. The first-order chi connectivity index (χ1) is 16.2. The van der Waals surface area contributed by atoms with E-state index in [0.29, 0.717) is 0 Å². The van der Waals surface area contributed by atoms with Crippen molar-refractivity contribution in [1.82, 2.24) is 9.47 Å². The van der Waals surface area contributed by atoms with E-state index in [0.717, 1.165) is 56.8 Å². The molecular formula is C29H31N3O. The molecule has 1 heterocycles. The van der Waals surface area contributed by atoms with Crippen molar-refractivity contribution in [3.05, 3.63) is 107 Å². The third-order valence-electron chi connectivity index (χ3n) is 6.70. The van der Waals surface area contributed by atoms with Crippen molar-refractivity contribution >= 4 is 16.6 Å². The molecule has 0 radical (unpaired) electrons. The third kappa shape index (κ3) is 4.57. The molecule has 3 aromatic carbocycles. The van der Waals surface area contributed by atoms with Crippen molar-refractivity contribution in [2.24, 2.45) is 5.16 Å². The van der Waals surface area contributed by atoms with Crippen LogP contribution in [0.3, 0.4) is 0 Å². The number of hydrogen-bond donors (Lipinski definition) is 1. The Bertz CT molecular complexity index is 1220. The Morgan fingerprint density at radius 1 is 0.879 bits per heavy atom. The van der Waals surface area contributed by atoms with Gasteiger partial charge in [0.1, 0.15) is 5.71 Å². The summed E-state index contributed by atoms with van der Waals surface area (Å²) in [6, 6.07) is 28.1. The molecule has 0 spiro atoms. The van der Waals surface area contributed by atoms with E-state index in [1.807, 2.05) is 0 Å². The molecule has 1 aliphatic rings. The van der Waals surface area contributed by atoms with Crippen LogP contribution in [0.5, 0.6) is 0 Å². The molecular weight excluding hydrogens is 406 g/mol. The van der Waals surface area contributed by atoms with Gasteiger partial charge in [-0.3, -0.25) is 4.90 Å². The molecule has 1 aliphatic carbocycles. The zero-order valence-electron chi connectivity index (χ0n) is 19.2. The molecule has 33 heavy (non-hydrogen) atoms. The first kappa shape index (κ1) is 21.5. The second-order valence-corrected chi connectivity index (χ2v) is 9.08. The predicted octanol–water partition coefficient (Wildman–Crippen LogP) is 6.17. The second kappa shape index (κ2) is 9.63. The summed E-state index contributed by atoms with van der Waals surface area (Å²) in [5.74, 6) is 0. The van der Waals surface area contributed by atoms with Crippen LogP contribution in [0.25, 0.3) is 10.9 Å². The number of rotatable bonds is 7. The summed E-state index contributed by atoms with van der Waals surface area (Å²) in [7, 11) is 0. The molecule has 0 amide bonds. The number of hydrogen-bond acceptors (Lipinski definition) is 3. The maximum atomic E-state index is 9.77. The Hall–Kier alpha value is -3.37. The minimum Gasteiger partial charge on any atom is -0.411 e. The van der Waals surface area contributed by atoms with Crippen LogP contribution in [-0.4, -0.2) is 26.9 Å². The molecule has 0 aliphatic heterocycles. The highest BCUT2D eigenvalue weighted by Gasteiger charge is 2.25. The summed E-state index contributed by atoms with van der Waals surface area (Å²) in [5.41, 5.74) is 8.44. The van der Waals surface area contributed by atoms with Crippen molar-refractivity contribution in [1.29, 1.82) is 0 Å². The van der Waals surface area contributed by atoms with E-state index < -0.39 is 0 Å². The minimum absolute atomic E-state index is 0.822. The summed E-state index contributed by atoms with van der Waals surface area (Å²) in [6.07, 6.45) is 2.91. The molecule has 0 saturated heterocycles. The number of aryl methyl sites for hydroxylation is 2. The van der Waals surface area contributed by atoms with Crippen molar-refractivity contribution in [2.45, 2.75) is 45.8 Å². The van der Waals surface area contributed by atoms with Crippen LogP contribution in [0.15, 0.2) is 84.0 Å². The summed E-state index contributed by atoms with van der Waals surface area (Å²) < 4.78 is 2.39. The Balaban J connectivity index is 1.48. The van der Waals surface area contributed by atoms with Gasteiger partial charge in [0.05, 0.1) is 5.69 Å². The highest BCUT2D eigenvalue weighted by molar-refractivity contribution is 6.06. The second-order valence-electron chi connectivity index (χ2n) is 9.08. The van der Waals surface area contributed by atoms with Crippen LogP contribution in [-0.2, 0) is 26.1 Å². The van der Waals surface area contributed by atoms with Crippen LogP contribution in [0, 0.1) is 6.92 Å². The fourth-order valence-corrected chi connectivity index (χ4v) is 5.14. The lowest BCUT2D eigenvalue weighted by atomic mass is 9.93. The van der Waals surface area contributed by atoms with E-state index in [9.17, 15) is 5.21 Å². The average Bonchev–Trinajstić information content (AvgIpc) is 3.16. The smallest absolute Gasteiger partial charge is 0.103 e. The Kier molecular flexibility index (Phi) is 6.27. The molecule has 0 saturated carbocycles. The van der Waals surface area contributed by atoms with Gasteiger partial charge in [-0.15, -0.1) is 0 Å². The third-order valence-corrected chi connectivity index (χ3v) is 6.70. The quantitative estimate of drug-likeness (QED) is 0.278. The van der Waals surface area contributed by atoms with Crippen molar-refractivity contribution in [3.63, 3.8) is 0 Å². The number of aromatic nitrogens is 1. The molecule has 1 N–H and O–H groups in total. The lowest BCUT2D eigenvalue weighted by Crippen LogP contribution is -2.28. The molecule has 5 rings (SSSR count). The minimum atomic E-state index is 0.822. The van der Waals surface area contributed by atoms with Crippen LogP contribution in [0.2, 0.25) is 0 Å². The molecule has 168 valence electrons. The van der Waals surface area contributed by atoms with Crippen molar-refractivity contribution in [3.8, 4) is 0 Å². The highest BCUT2D eigenvalue weighted by Crippen LogP contribution is 2.33. The average molecular weight is 438 g/mol. The first-order valence-electron chi connectivity index (χ1n) is 11.9. The molecule has 0 unspecified atom stereocenters. The molecule has 4 heteroatoms. The van der Waals surface area contributed by atoms with E-state index in [-0.39, 0.29) is 0 Å². The fraction of sp³-hybridized carbons (Fsp3) is 0.276. The number of nitrogens with zero attached hydrogens (tertiary/aromatic N) is 3. The van der Waals surface area contributed by atoms with Crippen LogP contribution < -0.4 is 0 Å². The van der Waals surface area contributed by atoms with Gasteiger partial charge in [0, 0.05) is 37.1 Å². The fourth-order valence-electron chi connectivity index (χ4n) is 5.14. The summed E-state index contributed by atoms with van der Waals surface area (Å²) in [5, 5.41) is 14.8. The van der Waals surface area contributed by atoms with E-state index in [2.05, 4.69) is 100 Å². The number of fused-ring (bicyclic) bond motifs is 3. The largest absolute Gasteiger partial charge is 0.411 e. The van der Waals surface area contributed by atoms with Crippen molar-refractivity contribution < 1.29 is 5.21 Å². The van der Waals surface area contributed by atoms with Gasteiger partial charge in [-0.2, -0.15) is 0 Å². The zero-order chi connectivity index (χ0) is 22.6. The molecule has 1 aromatic heterocycles. The highest BCUT2D eigenvalue weighted by atomic mass is 16.4. The van der Waals surface area contributed by atoms with E-state index in [4.69, 9.17) is 0 Å². The standard InChI is InChI=1S/C29H31N3O/c1-22-15-16-28-26(19-22)25-13-8-14-27(30-33)29(25)32(28)18-17-31(20-23-9-4-2-5-10-23)21-24-11-6-3-7-12-24/h2-7,9-12,15-16,19,33H,8,13-14,17-18,20-21H2,1H3. The normalized spacial score (nSPS) is 14.8. The summed E-state index contributed by atoms with van der Waals surface area (Å²) >= 11 is 0. The lowest BCUT2D eigenvalue weighted by molar-refractivity contribution is 0.247. The van der Waals surface area contributed by atoms with Gasteiger partial charge in [0.2, 0.25) is 0 Å². The molecule has 0 fully saturated rings. The van der Waals surface area contributed by atoms with Crippen LogP contribution in [0.4, 0.5) is 0 Å². The van der Waals surface area contributed by atoms with Gasteiger partial charge in [0.25, 0.3) is 0 Å². The van der Waals surface area contributed by atoms with Crippen LogP contribution in [0.1, 0.15) is 40.8 Å². The molecule has 4 nitrogen and oxygen atoms in total. The zero-order valence-corrected chi connectivity index (χ0v) is 19.2. The van der Waals surface area contributed by atoms with Gasteiger partial charge in [-0.1, -0.05) is 77.4 Å². The molecule has 0 bridgehead atoms. The van der Waals surface area contributed by atoms with Crippen LogP contribution >= 0.6 is 0 Å². The maximum Gasteiger partial charge on any atom is 0.103 e. The molecule has 0 atom stereocenters. The monoisotopic (exact) mass is 437 g/mol. The lowest BCUT2D eigenvalue weighted by Gasteiger charge is -2.24. The topological polar surface area (TPSA) is 40.8 Å². The first-order valence-corrected chi connectivity index (χ1v) is 11.9. The summed E-state index contributed by atoms with van der Waals surface area (Å²) in [4.78, 5) is 2.51. The van der Waals surface area contributed by atoms with Gasteiger partial charge in [0.15, 0.2) is 0 Å². The predicted molar refractivity (Wildman–Crippen MR) is 135 cm³/mol. The Morgan fingerprint density at radius 2 is 1.55 bits per heavy atom. The van der Waals surface area contributed by atoms with E-state index in [1.54, 1.807) is 0 Å². The van der Waals surface area contributed by atoms with Gasteiger partial charge < -0.3 is 9.77 Å². The number of benzene rings is 3.